The number of carboxylic acids is 1. The van der Waals surface area contributed by atoms with Crippen LogP contribution in [-0.2, 0) is 4.79 Å². The molecule has 3 nitrogen and oxygen atoms in total. The fraction of sp³-hybridized carbons (Fsp3) is 0.100. The van der Waals surface area contributed by atoms with Gasteiger partial charge in [-0.15, -0.1) is 0 Å². The number of benzene rings is 1. The van der Waals surface area contributed by atoms with Crippen LogP contribution in [0, 0.1) is 11.6 Å². The van der Waals surface area contributed by atoms with Gasteiger partial charge in [0.25, 0.3) is 0 Å². The van der Waals surface area contributed by atoms with Crippen LogP contribution in [0.4, 0.5) is 14.5 Å². The minimum Gasteiger partial charge on any atom is -0.478 e. The molecule has 0 fully saturated rings. The van der Waals surface area contributed by atoms with E-state index >= 15 is 0 Å². The van der Waals surface area contributed by atoms with Gasteiger partial charge in [-0.2, -0.15) is 0 Å². The molecule has 0 amide bonds. The monoisotopic (exact) mass is 213 g/mol. The molecule has 0 aromatic heterocycles. The molecule has 0 saturated carbocycles. The number of rotatable bonds is 4. The smallest absolute Gasteiger partial charge is 0.328 e. The zero-order valence-corrected chi connectivity index (χ0v) is 7.71. The molecule has 1 rings (SSSR count). The minimum absolute atomic E-state index is 0.0458. The third-order valence-corrected chi connectivity index (χ3v) is 1.62. The fourth-order valence-corrected chi connectivity index (χ4v) is 0.987. The Morgan fingerprint density at radius 1 is 1.40 bits per heavy atom. The van der Waals surface area contributed by atoms with Crippen LogP contribution in [0.15, 0.2) is 30.4 Å². The summed E-state index contributed by atoms with van der Waals surface area (Å²) < 4.78 is 26.0. The molecular weight excluding hydrogens is 204 g/mol. The van der Waals surface area contributed by atoms with E-state index in [-0.39, 0.29) is 12.2 Å². The highest BCUT2D eigenvalue weighted by Gasteiger charge is 2.05. The number of carboxylic acid groups (broad SMARTS) is 1. The number of aliphatic carboxylic acids is 1. The van der Waals surface area contributed by atoms with Gasteiger partial charge in [0, 0.05) is 12.6 Å². The SMILES string of the molecule is O=C(O)/C=C/CNc1c(F)cccc1F. The molecule has 0 heterocycles. The van der Waals surface area contributed by atoms with Crippen LogP contribution >= 0.6 is 0 Å². The van der Waals surface area contributed by atoms with Gasteiger partial charge in [-0.3, -0.25) is 0 Å². The molecule has 0 unspecified atom stereocenters. The number of halogens is 2. The number of carbonyl (C=O) groups is 1. The van der Waals surface area contributed by atoms with Crippen molar-refractivity contribution in [3.05, 3.63) is 42.0 Å². The maximum absolute atomic E-state index is 13.0. The van der Waals surface area contributed by atoms with E-state index < -0.39 is 17.6 Å². The van der Waals surface area contributed by atoms with E-state index in [1.54, 1.807) is 0 Å². The molecule has 0 saturated heterocycles. The van der Waals surface area contributed by atoms with Crippen molar-refractivity contribution in [2.24, 2.45) is 0 Å². The molecule has 0 aliphatic carbocycles. The third kappa shape index (κ3) is 3.38. The van der Waals surface area contributed by atoms with E-state index in [0.29, 0.717) is 0 Å². The Morgan fingerprint density at radius 3 is 2.53 bits per heavy atom. The van der Waals surface area contributed by atoms with E-state index in [1.807, 2.05) is 0 Å². The molecule has 0 spiro atoms. The Labute approximate surface area is 85.0 Å². The van der Waals surface area contributed by atoms with Crippen LogP contribution in [0.1, 0.15) is 0 Å². The molecule has 5 heteroatoms. The van der Waals surface area contributed by atoms with Crippen molar-refractivity contribution < 1.29 is 18.7 Å². The molecule has 15 heavy (non-hydrogen) atoms. The highest BCUT2D eigenvalue weighted by atomic mass is 19.1. The van der Waals surface area contributed by atoms with Gasteiger partial charge >= 0.3 is 5.97 Å². The first-order chi connectivity index (χ1) is 7.11. The van der Waals surface area contributed by atoms with Crippen LogP contribution in [0.3, 0.4) is 0 Å². The number of anilines is 1. The number of para-hydroxylation sites is 1. The van der Waals surface area contributed by atoms with Crippen molar-refractivity contribution in [3.8, 4) is 0 Å². The van der Waals surface area contributed by atoms with E-state index in [4.69, 9.17) is 5.11 Å². The first-order valence-corrected chi connectivity index (χ1v) is 4.18. The summed E-state index contributed by atoms with van der Waals surface area (Å²) in [7, 11) is 0. The van der Waals surface area contributed by atoms with Crippen molar-refractivity contribution in [3.63, 3.8) is 0 Å². The summed E-state index contributed by atoms with van der Waals surface area (Å²) >= 11 is 0. The molecule has 1 aromatic rings. The maximum atomic E-state index is 13.0. The van der Waals surface area contributed by atoms with E-state index in [2.05, 4.69) is 5.32 Å². The summed E-state index contributed by atoms with van der Waals surface area (Å²) in [6, 6.07) is 3.49. The zero-order valence-electron chi connectivity index (χ0n) is 7.71. The lowest BCUT2D eigenvalue weighted by Crippen LogP contribution is -2.03. The van der Waals surface area contributed by atoms with Crippen LogP contribution in [0.25, 0.3) is 0 Å². The first-order valence-electron chi connectivity index (χ1n) is 4.18. The van der Waals surface area contributed by atoms with Crippen molar-refractivity contribution in [1.82, 2.24) is 0 Å². The molecule has 0 atom stereocenters. The van der Waals surface area contributed by atoms with Gasteiger partial charge in [0.05, 0.1) is 0 Å². The molecule has 0 bridgehead atoms. The van der Waals surface area contributed by atoms with Crippen LogP contribution in [0.2, 0.25) is 0 Å². The molecule has 1 aromatic carbocycles. The summed E-state index contributed by atoms with van der Waals surface area (Å²) in [5, 5.41) is 10.7. The zero-order chi connectivity index (χ0) is 11.3. The van der Waals surface area contributed by atoms with Gasteiger partial charge in [0.15, 0.2) is 0 Å². The van der Waals surface area contributed by atoms with E-state index in [9.17, 15) is 13.6 Å². The fourth-order valence-electron chi connectivity index (χ4n) is 0.987. The predicted molar refractivity (Wildman–Crippen MR) is 51.6 cm³/mol. The molecule has 0 radical (unpaired) electrons. The lowest BCUT2D eigenvalue weighted by Gasteiger charge is -2.05. The Bertz CT molecular complexity index is 371. The maximum Gasteiger partial charge on any atom is 0.328 e. The third-order valence-electron chi connectivity index (χ3n) is 1.62. The summed E-state index contributed by atoms with van der Waals surface area (Å²) in [5.41, 5.74) is -0.257. The average molecular weight is 213 g/mol. The number of hydrogen-bond donors (Lipinski definition) is 2. The van der Waals surface area contributed by atoms with Crippen molar-refractivity contribution in [2.45, 2.75) is 0 Å². The van der Waals surface area contributed by atoms with Crippen LogP contribution in [0.5, 0.6) is 0 Å². The Hall–Kier alpha value is -1.91. The van der Waals surface area contributed by atoms with Gasteiger partial charge in [0.1, 0.15) is 17.3 Å². The topological polar surface area (TPSA) is 49.3 Å². The summed E-state index contributed by atoms with van der Waals surface area (Å²) in [6.07, 6.45) is 2.15. The standard InChI is InChI=1S/C10H9F2NO2/c11-7-3-1-4-8(12)10(7)13-6-2-5-9(14)15/h1-5,13H,6H2,(H,14,15)/b5-2+. The summed E-state index contributed by atoms with van der Waals surface area (Å²) in [4.78, 5) is 10.1. The lowest BCUT2D eigenvalue weighted by atomic mass is 10.3. The molecular formula is C10H9F2NO2. The summed E-state index contributed by atoms with van der Waals surface area (Å²) in [6.45, 7) is 0.0458. The molecule has 2 N–H and O–H groups in total. The van der Waals surface area contributed by atoms with Crippen molar-refractivity contribution >= 4 is 11.7 Å². The lowest BCUT2D eigenvalue weighted by molar-refractivity contribution is -0.131. The normalized spacial score (nSPS) is 10.5. The second-order valence-corrected chi connectivity index (χ2v) is 2.72. The average Bonchev–Trinajstić information content (AvgIpc) is 2.15. The quantitative estimate of drug-likeness (QED) is 0.752. The molecule has 0 aliphatic rings. The number of nitrogens with one attached hydrogen (secondary N) is 1. The Morgan fingerprint density at radius 2 is 2.00 bits per heavy atom. The first kappa shape index (κ1) is 11.2. The van der Waals surface area contributed by atoms with Crippen LogP contribution in [-0.4, -0.2) is 17.6 Å². The largest absolute Gasteiger partial charge is 0.478 e. The van der Waals surface area contributed by atoms with Gasteiger partial charge in [-0.05, 0) is 12.1 Å². The van der Waals surface area contributed by atoms with Crippen molar-refractivity contribution in [1.29, 1.82) is 0 Å². The summed E-state index contributed by atoms with van der Waals surface area (Å²) in [5.74, 6) is -2.52. The van der Waals surface area contributed by atoms with Gasteiger partial charge in [-0.1, -0.05) is 12.1 Å². The second kappa shape index (κ2) is 5.09. The van der Waals surface area contributed by atoms with Crippen molar-refractivity contribution in [2.75, 3.05) is 11.9 Å². The molecule has 80 valence electrons. The van der Waals surface area contributed by atoms with E-state index in [1.165, 1.54) is 12.1 Å². The minimum atomic E-state index is -1.11. The van der Waals surface area contributed by atoms with Gasteiger partial charge in [0.2, 0.25) is 0 Å². The molecule has 0 aliphatic heterocycles. The highest BCUT2D eigenvalue weighted by molar-refractivity contribution is 5.79. The second-order valence-electron chi connectivity index (χ2n) is 2.72. The van der Waals surface area contributed by atoms with Gasteiger partial charge < -0.3 is 10.4 Å². The van der Waals surface area contributed by atoms with Crippen LogP contribution < -0.4 is 5.32 Å². The predicted octanol–water partition coefficient (Wildman–Crippen LogP) is 2.02. The Kier molecular flexibility index (Phi) is 3.79. The van der Waals surface area contributed by atoms with E-state index in [0.717, 1.165) is 18.2 Å². The Balaban J connectivity index is 2.61. The van der Waals surface area contributed by atoms with Gasteiger partial charge in [-0.25, -0.2) is 13.6 Å². The highest BCUT2D eigenvalue weighted by Crippen LogP contribution is 2.17. The number of hydrogen-bond acceptors (Lipinski definition) is 2.